The van der Waals surface area contributed by atoms with Crippen molar-refractivity contribution in [2.75, 3.05) is 10.2 Å². The number of benzene rings is 2. The molecule has 6 nitrogen and oxygen atoms in total. The Kier molecular flexibility index (Phi) is 5.37. The second kappa shape index (κ2) is 8.25. The van der Waals surface area contributed by atoms with Crippen LogP contribution in [-0.2, 0) is 19.5 Å². The molecule has 2 heterocycles. The van der Waals surface area contributed by atoms with Gasteiger partial charge in [-0.25, -0.2) is 14.5 Å². The van der Waals surface area contributed by atoms with Gasteiger partial charge in [0.25, 0.3) is 0 Å². The predicted molar refractivity (Wildman–Crippen MR) is 110 cm³/mol. The van der Waals surface area contributed by atoms with Gasteiger partial charge in [-0.3, -0.25) is 4.90 Å². The van der Waals surface area contributed by atoms with Crippen molar-refractivity contribution in [3.05, 3.63) is 71.8 Å². The molecule has 2 aromatic carbocycles. The van der Waals surface area contributed by atoms with Crippen molar-refractivity contribution in [3.8, 4) is 0 Å². The summed E-state index contributed by atoms with van der Waals surface area (Å²) in [6, 6.07) is 17.2. The van der Waals surface area contributed by atoms with Crippen LogP contribution >= 0.6 is 0 Å². The van der Waals surface area contributed by atoms with Crippen LogP contribution in [0.5, 0.6) is 0 Å². The summed E-state index contributed by atoms with van der Waals surface area (Å²) in [5, 5.41) is 7.65. The molecule has 0 saturated heterocycles. The van der Waals surface area contributed by atoms with Gasteiger partial charge in [0.05, 0.1) is 6.54 Å². The number of aryl methyl sites for hydroxylation is 3. The Labute approximate surface area is 165 Å². The van der Waals surface area contributed by atoms with E-state index < -0.39 is 0 Å². The van der Waals surface area contributed by atoms with E-state index in [0.717, 1.165) is 48.6 Å². The van der Waals surface area contributed by atoms with Gasteiger partial charge in [-0.05, 0) is 49.6 Å². The van der Waals surface area contributed by atoms with Crippen molar-refractivity contribution < 1.29 is 4.79 Å². The smallest absolute Gasteiger partial charge is 0.308 e. The first-order valence-corrected chi connectivity index (χ1v) is 9.82. The van der Waals surface area contributed by atoms with Crippen LogP contribution in [0.2, 0.25) is 0 Å². The van der Waals surface area contributed by atoms with E-state index in [0.29, 0.717) is 12.4 Å². The molecule has 0 bridgehead atoms. The van der Waals surface area contributed by atoms with Gasteiger partial charge < -0.3 is 5.32 Å². The normalized spacial score (nSPS) is 13.5. The number of carbonyl (C=O) groups is 1. The number of rotatable bonds is 4. The number of carbonyl (C=O) groups excluding carboxylic acids is 1. The summed E-state index contributed by atoms with van der Waals surface area (Å²) in [4.78, 5) is 19.5. The minimum atomic E-state index is -0.193. The lowest BCUT2D eigenvalue weighted by Crippen LogP contribution is -2.35. The summed E-state index contributed by atoms with van der Waals surface area (Å²) >= 11 is 0. The van der Waals surface area contributed by atoms with E-state index in [1.165, 1.54) is 6.42 Å². The van der Waals surface area contributed by atoms with E-state index in [1.54, 1.807) is 4.90 Å². The second-order valence-corrected chi connectivity index (χ2v) is 7.20. The maximum Gasteiger partial charge on any atom is 0.326 e. The number of fused-ring (bicyclic) bond motifs is 1. The van der Waals surface area contributed by atoms with Gasteiger partial charge in [-0.1, -0.05) is 36.8 Å². The highest BCUT2D eigenvalue weighted by Crippen LogP contribution is 2.21. The van der Waals surface area contributed by atoms with Crippen molar-refractivity contribution in [1.82, 2.24) is 14.8 Å². The summed E-state index contributed by atoms with van der Waals surface area (Å²) in [6.07, 6.45) is 4.45. The maximum absolute atomic E-state index is 13.1. The van der Waals surface area contributed by atoms with Crippen LogP contribution in [-0.4, -0.2) is 20.8 Å². The predicted octanol–water partition coefficient (Wildman–Crippen LogP) is 4.55. The Bertz CT molecular complexity index is 927. The first-order chi connectivity index (χ1) is 13.7. The van der Waals surface area contributed by atoms with E-state index in [9.17, 15) is 4.79 Å². The lowest BCUT2D eigenvalue weighted by atomic mass is 10.2. The molecule has 6 heteroatoms. The lowest BCUT2D eigenvalue weighted by molar-refractivity contribution is 0.256. The fraction of sp³-hybridized carbons (Fsp3) is 0.318. The molecule has 0 atom stereocenters. The number of hydrogen-bond acceptors (Lipinski definition) is 3. The van der Waals surface area contributed by atoms with Gasteiger partial charge in [-0.15, -0.1) is 0 Å². The first-order valence-electron chi connectivity index (χ1n) is 9.82. The Morgan fingerprint density at radius 3 is 2.79 bits per heavy atom. The zero-order chi connectivity index (χ0) is 19.3. The highest BCUT2D eigenvalue weighted by molar-refractivity contribution is 6.01. The van der Waals surface area contributed by atoms with Gasteiger partial charge in [0.1, 0.15) is 5.82 Å². The number of hydrogen-bond donors (Lipinski definition) is 1. The third-order valence-electron chi connectivity index (χ3n) is 4.95. The second-order valence-electron chi connectivity index (χ2n) is 7.20. The molecule has 144 valence electrons. The van der Waals surface area contributed by atoms with E-state index in [1.807, 2.05) is 66.2 Å². The van der Waals surface area contributed by atoms with Gasteiger partial charge in [-0.2, -0.15) is 5.10 Å². The fourth-order valence-electron chi connectivity index (χ4n) is 3.51. The maximum atomic E-state index is 13.1. The Hall–Kier alpha value is -3.15. The molecule has 1 aromatic heterocycles. The number of anilines is 2. The molecule has 0 spiro atoms. The molecule has 1 N–H and O–H groups in total. The van der Waals surface area contributed by atoms with Gasteiger partial charge >= 0.3 is 6.03 Å². The van der Waals surface area contributed by atoms with Gasteiger partial charge in [0, 0.05) is 24.3 Å². The highest BCUT2D eigenvalue weighted by atomic mass is 16.2. The average molecular weight is 375 g/mol. The number of nitrogens with one attached hydrogen (secondary N) is 1. The van der Waals surface area contributed by atoms with Crippen molar-refractivity contribution in [2.45, 2.75) is 45.7 Å². The van der Waals surface area contributed by atoms with Crippen LogP contribution in [0.15, 0.2) is 54.6 Å². The number of urea groups is 1. The van der Waals surface area contributed by atoms with Crippen molar-refractivity contribution in [1.29, 1.82) is 0 Å². The van der Waals surface area contributed by atoms with Crippen LogP contribution in [0.25, 0.3) is 0 Å². The van der Waals surface area contributed by atoms with Crippen LogP contribution in [0.3, 0.4) is 0 Å². The SMILES string of the molecule is Cc1cccc(N(Cc2nc3n(n2)CCCCC3)C(=O)Nc2ccccc2)c1. The quantitative estimate of drug-likeness (QED) is 0.727. The molecule has 28 heavy (non-hydrogen) atoms. The van der Waals surface area contributed by atoms with E-state index in [4.69, 9.17) is 4.98 Å². The number of amides is 2. The zero-order valence-corrected chi connectivity index (χ0v) is 16.1. The number of nitrogens with zero attached hydrogens (tertiary/aromatic N) is 4. The molecule has 3 aromatic rings. The molecule has 0 radical (unpaired) electrons. The number of aromatic nitrogens is 3. The molecule has 2 amide bonds. The van der Waals surface area contributed by atoms with Crippen LogP contribution < -0.4 is 10.2 Å². The van der Waals surface area contributed by atoms with Crippen molar-refractivity contribution >= 4 is 17.4 Å². The summed E-state index contributed by atoms with van der Waals surface area (Å²) in [7, 11) is 0. The third kappa shape index (κ3) is 4.22. The van der Waals surface area contributed by atoms with Gasteiger partial charge in [0.2, 0.25) is 0 Å². The molecule has 0 saturated carbocycles. The highest BCUT2D eigenvalue weighted by Gasteiger charge is 2.21. The molecule has 1 aliphatic rings. The zero-order valence-electron chi connectivity index (χ0n) is 16.1. The standard InChI is InChI=1S/C22H25N5O/c1-17-9-8-12-19(15-17)26(22(28)23-18-10-4-2-5-11-18)16-20-24-21-13-6-3-7-14-27(21)25-20/h2,4-5,8-12,15H,3,6-7,13-14,16H2,1H3,(H,23,28). The summed E-state index contributed by atoms with van der Waals surface area (Å²) in [5.41, 5.74) is 2.70. The molecule has 1 aliphatic heterocycles. The minimum Gasteiger partial charge on any atom is -0.308 e. The monoisotopic (exact) mass is 375 g/mol. The molecule has 0 unspecified atom stereocenters. The lowest BCUT2D eigenvalue weighted by Gasteiger charge is -2.22. The van der Waals surface area contributed by atoms with Crippen molar-refractivity contribution in [2.24, 2.45) is 0 Å². The molecule has 0 fully saturated rings. The molecule has 4 rings (SSSR count). The van der Waals surface area contributed by atoms with Gasteiger partial charge in [0.15, 0.2) is 5.82 Å². The fourth-order valence-corrected chi connectivity index (χ4v) is 3.51. The summed E-state index contributed by atoms with van der Waals surface area (Å²) < 4.78 is 2.01. The average Bonchev–Trinajstić information content (AvgIpc) is 2.95. The van der Waals surface area contributed by atoms with E-state index >= 15 is 0 Å². The first kappa shape index (κ1) is 18.2. The minimum absolute atomic E-state index is 0.193. The van der Waals surface area contributed by atoms with Crippen LogP contribution in [0, 0.1) is 6.92 Å². The third-order valence-corrected chi connectivity index (χ3v) is 4.95. The Morgan fingerprint density at radius 2 is 1.96 bits per heavy atom. The molecular formula is C22H25N5O. The Balaban J connectivity index is 1.60. The summed E-state index contributed by atoms with van der Waals surface area (Å²) in [6.45, 7) is 3.26. The molecule has 0 aliphatic carbocycles. The van der Waals surface area contributed by atoms with Crippen molar-refractivity contribution in [3.63, 3.8) is 0 Å². The largest absolute Gasteiger partial charge is 0.326 e. The Morgan fingerprint density at radius 1 is 1.11 bits per heavy atom. The summed E-state index contributed by atoms with van der Waals surface area (Å²) in [5.74, 6) is 1.71. The van der Waals surface area contributed by atoms with Crippen LogP contribution in [0.1, 0.15) is 36.5 Å². The van der Waals surface area contributed by atoms with Crippen LogP contribution in [0.4, 0.5) is 16.2 Å². The van der Waals surface area contributed by atoms with E-state index in [-0.39, 0.29) is 6.03 Å². The number of para-hydroxylation sites is 1. The molecular weight excluding hydrogens is 350 g/mol. The van der Waals surface area contributed by atoms with E-state index in [2.05, 4.69) is 10.4 Å². The topological polar surface area (TPSA) is 63.1 Å².